The number of halogens is 1. The molecule has 1 heterocycles. The first-order chi connectivity index (χ1) is 9.19. The molecule has 0 aliphatic rings. The number of aryl methyl sites for hydroxylation is 1. The maximum Gasteiger partial charge on any atom is 0.130 e. The lowest BCUT2D eigenvalue weighted by atomic mass is 10.2. The molecule has 0 amide bonds. The van der Waals surface area contributed by atoms with Crippen molar-refractivity contribution in [1.29, 1.82) is 0 Å². The zero-order valence-corrected chi connectivity index (χ0v) is 11.2. The van der Waals surface area contributed by atoms with E-state index in [1.807, 2.05) is 24.6 Å². The van der Waals surface area contributed by atoms with Crippen LogP contribution in [0.1, 0.15) is 18.2 Å². The molecule has 0 aliphatic carbocycles. The molecular formula is C14H18FN3O. The normalized spacial score (nSPS) is 10.7. The number of imidazole rings is 1. The fraction of sp³-hybridized carbons (Fsp3) is 0.357. The Hall–Kier alpha value is -1.88. The van der Waals surface area contributed by atoms with Crippen molar-refractivity contribution >= 4 is 0 Å². The first kappa shape index (κ1) is 13.5. The minimum absolute atomic E-state index is 0.282. The van der Waals surface area contributed by atoms with Crippen LogP contribution >= 0.6 is 0 Å². The summed E-state index contributed by atoms with van der Waals surface area (Å²) in [7, 11) is 1.90. The molecular weight excluding hydrogens is 245 g/mol. The van der Waals surface area contributed by atoms with Crippen LogP contribution in [0.2, 0.25) is 0 Å². The van der Waals surface area contributed by atoms with Crippen molar-refractivity contribution in [2.45, 2.75) is 20.1 Å². The largest absolute Gasteiger partial charge is 0.487 e. The summed E-state index contributed by atoms with van der Waals surface area (Å²) in [6.07, 6.45) is 3.44. The predicted molar refractivity (Wildman–Crippen MR) is 71.3 cm³/mol. The Morgan fingerprint density at radius 3 is 2.89 bits per heavy atom. The van der Waals surface area contributed by atoms with E-state index in [0.29, 0.717) is 18.9 Å². The second kappa shape index (κ2) is 6.33. The monoisotopic (exact) mass is 263 g/mol. The van der Waals surface area contributed by atoms with Gasteiger partial charge in [0.05, 0.1) is 18.2 Å². The van der Waals surface area contributed by atoms with Gasteiger partial charge in [0, 0.05) is 19.7 Å². The molecule has 2 rings (SSSR count). The van der Waals surface area contributed by atoms with Crippen molar-refractivity contribution < 1.29 is 9.13 Å². The van der Waals surface area contributed by atoms with Crippen molar-refractivity contribution in [2.75, 3.05) is 6.54 Å². The van der Waals surface area contributed by atoms with E-state index >= 15 is 0 Å². The summed E-state index contributed by atoms with van der Waals surface area (Å²) in [5.74, 6) is 0.254. The van der Waals surface area contributed by atoms with Gasteiger partial charge in [0.15, 0.2) is 0 Å². The topological polar surface area (TPSA) is 39.1 Å². The second-order valence-electron chi connectivity index (χ2n) is 4.36. The van der Waals surface area contributed by atoms with Crippen molar-refractivity contribution in [1.82, 2.24) is 14.9 Å². The number of ether oxygens (including phenoxy) is 1. The summed E-state index contributed by atoms with van der Waals surface area (Å²) < 4.78 is 21.0. The van der Waals surface area contributed by atoms with E-state index in [1.165, 1.54) is 12.1 Å². The Kier molecular flexibility index (Phi) is 4.52. The first-order valence-electron chi connectivity index (χ1n) is 6.27. The Balaban J connectivity index is 2.03. The maximum absolute atomic E-state index is 13.5. The van der Waals surface area contributed by atoms with Crippen LogP contribution in [0.4, 0.5) is 4.39 Å². The van der Waals surface area contributed by atoms with Gasteiger partial charge in [-0.1, -0.05) is 6.92 Å². The van der Waals surface area contributed by atoms with Crippen molar-refractivity contribution in [3.8, 4) is 5.75 Å². The molecule has 0 fully saturated rings. The number of rotatable bonds is 6. The Bertz CT molecular complexity index is 539. The summed E-state index contributed by atoms with van der Waals surface area (Å²) in [5.41, 5.74) is 1.82. The molecule has 1 N–H and O–H groups in total. The van der Waals surface area contributed by atoms with Gasteiger partial charge in [-0.2, -0.15) is 0 Å². The molecule has 0 spiro atoms. The van der Waals surface area contributed by atoms with Crippen LogP contribution in [-0.4, -0.2) is 16.1 Å². The van der Waals surface area contributed by atoms with E-state index in [9.17, 15) is 4.39 Å². The third-order valence-corrected chi connectivity index (χ3v) is 2.81. The maximum atomic E-state index is 13.5. The number of nitrogens with zero attached hydrogens (tertiary/aromatic N) is 2. The van der Waals surface area contributed by atoms with Gasteiger partial charge < -0.3 is 14.6 Å². The average Bonchev–Trinajstić information content (AvgIpc) is 2.79. The second-order valence-corrected chi connectivity index (χ2v) is 4.36. The number of hydrogen-bond acceptors (Lipinski definition) is 3. The van der Waals surface area contributed by atoms with Crippen molar-refractivity contribution in [3.63, 3.8) is 0 Å². The van der Waals surface area contributed by atoms with Gasteiger partial charge >= 0.3 is 0 Å². The fourth-order valence-electron chi connectivity index (χ4n) is 1.76. The van der Waals surface area contributed by atoms with Crippen LogP contribution in [-0.2, 0) is 20.2 Å². The highest BCUT2D eigenvalue weighted by molar-refractivity contribution is 5.29. The van der Waals surface area contributed by atoms with E-state index in [1.54, 1.807) is 12.5 Å². The van der Waals surface area contributed by atoms with Crippen molar-refractivity contribution in [2.24, 2.45) is 7.05 Å². The molecule has 1 aromatic carbocycles. The standard InChI is InChI=1S/C14H18FN3O/c1-3-16-7-11-4-12(15)6-14(5-11)19-9-13-8-17-10-18(13)2/h4-6,8,10,16H,3,7,9H2,1-2H3. The Morgan fingerprint density at radius 1 is 1.37 bits per heavy atom. The molecule has 0 atom stereocenters. The Morgan fingerprint density at radius 2 is 2.21 bits per heavy atom. The molecule has 0 bridgehead atoms. The van der Waals surface area contributed by atoms with E-state index in [4.69, 9.17) is 4.74 Å². The summed E-state index contributed by atoms with van der Waals surface area (Å²) in [5, 5.41) is 3.16. The average molecular weight is 263 g/mol. The van der Waals surface area contributed by atoms with Gasteiger partial charge in [0.2, 0.25) is 0 Å². The van der Waals surface area contributed by atoms with Crippen LogP contribution in [0.5, 0.6) is 5.75 Å². The van der Waals surface area contributed by atoms with Gasteiger partial charge in [-0.25, -0.2) is 9.37 Å². The number of aromatic nitrogens is 2. The molecule has 0 saturated carbocycles. The zero-order valence-electron chi connectivity index (χ0n) is 11.2. The van der Waals surface area contributed by atoms with Gasteiger partial charge in [-0.05, 0) is 24.2 Å². The first-order valence-corrected chi connectivity index (χ1v) is 6.27. The molecule has 102 valence electrons. The molecule has 2 aromatic rings. The smallest absolute Gasteiger partial charge is 0.130 e. The SMILES string of the molecule is CCNCc1cc(F)cc(OCc2cncn2C)c1. The molecule has 5 heteroatoms. The summed E-state index contributed by atoms with van der Waals surface area (Å²) in [6.45, 7) is 3.87. The molecule has 19 heavy (non-hydrogen) atoms. The Labute approximate surface area is 112 Å². The van der Waals surface area contributed by atoms with Crippen LogP contribution in [0.3, 0.4) is 0 Å². The number of hydrogen-bond donors (Lipinski definition) is 1. The van der Waals surface area contributed by atoms with Crippen molar-refractivity contribution in [3.05, 3.63) is 47.8 Å². The third kappa shape index (κ3) is 3.79. The fourth-order valence-corrected chi connectivity index (χ4v) is 1.76. The molecule has 1 aromatic heterocycles. The van der Waals surface area contributed by atoms with Crippen LogP contribution < -0.4 is 10.1 Å². The molecule has 4 nitrogen and oxygen atoms in total. The van der Waals surface area contributed by atoms with Crippen LogP contribution in [0, 0.1) is 5.82 Å². The zero-order chi connectivity index (χ0) is 13.7. The van der Waals surface area contributed by atoms with Gasteiger partial charge in [0.1, 0.15) is 18.2 Å². The van der Waals surface area contributed by atoms with E-state index < -0.39 is 0 Å². The molecule has 0 unspecified atom stereocenters. The molecule has 0 radical (unpaired) electrons. The van der Waals surface area contributed by atoms with Gasteiger partial charge in [-0.3, -0.25) is 0 Å². The quantitative estimate of drug-likeness (QED) is 0.868. The highest BCUT2D eigenvalue weighted by Crippen LogP contribution is 2.17. The molecule has 0 saturated heterocycles. The van der Waals surface area contributed by atoms with Gasteiger partial charge in [0.25, 0.3) is 0 Å². The minimum Gasteiger partial charge on any atom is -0.487 e. The van der Waals surface area contributed by atoms with E-state index in [0.717, 1.165) is 17.8 Å². The van der Waals surface area contributed by atoms with Crippen LogP contribution in [0.15, 0.2) is 30.7 Å². The third-order valence-electron chi connectivity index (χ3n) is 2.81. The summed E-state index contributed by atoms with van der Waals surface area (Å²) >= 11 is 0. The van der Waals surface area contributed by atoms with E-state index in [-0.39, 0.29) is 5.82 Å². The number of benzene rings is 1. The summed E-state index contributed by atoms with van der Waals surface area (Å²) in [6, 6.07) is 4.76. The lowest BCUT2D eigenvalue weighted by molar-refractivity contribution is 0.295. The minimum atomic E-state index is -0.282. The lowest BCUT2D eigenvalue weighted by Crippen LogP contribution is -2.12. The number of nitrogens with one attached hydrogen (secondary N) is 1. The van der Waals surface area contributed by atoms with E-state index in [2.05, 4.69) is 10.3 Å². The van der Waals surface area contributed by atoms with Crippen LogP contribution in [0.25, 0.3) is 0 Å². The highest BCUT2D eigenvalue weighted by Gasteiger charge is 2.04. The predicted octanol–water partition coefficient (Wildman–Crippen LogP) is 2.25. The highest BCUT2D eigenvalue weighted by atomic mass is 19.1. The lowest BCUT2D eigenvalue weighted by Gasteiger charge is -2.09. The molecule has 0 aliphatic heterocycles. The summed E-state index contributed by atoms with van der Waals surface area (Å²) in [4.78, 5) is 4.01. The van der Waals surface area contributed by atoms with Gasteiger partial charge in [-0.15, -0.1) is 0 Å².